The van der Waals surface area contributed by atoms with Crippen LogP contribution in [0.15, 0.2) is 42.5 Å². The van der Waals surface area contributed by atoms with Crippen LogP contribution < -0.4 is 10.6 Å². The standard InChI is InChI=1S/C23H27Cl2N3O4S/c1-15(2)26-23(30)18-7-3-4-8-21(18)27-22(29)17-6-5-11-28(13-17)33(31,32)14-16-9-10-19(24)20(25)12-16/h3-4,7-10,12,15,17H,5-6,11,13-14H2,1-2H3,(H,26,30)(H,27,29)/t17-/m0/s1. The number of hydrogen-bond acceptors (Lipinski definition) is 4. The van der Waals surface area contributed by atoms with E-state index in [-0.39, 0.29) is 30.2 Å². The van der Waals surface area contributed by atoms with Gasteiger partial charge in [0.05, 0.1) is 33.0 Å². The van der Waals surface area contributed by atoms with Crippen LogP contribution in [0.1, 0.15) is 42.6 Å². The van der Waals surface area contributed by atoms with E-state index >= 15 is 0 Å². The van der Waals surface area contributed by atoms with Crippen molar-refractivity contribution in [2.75, 3.05) is 18.4 Å². The summed E-state index contributed by atoms with van der Waals surface area (Å²) in [4.78, 5) is 25.4. The van der Waals surface area contributed by atoms with Crippen molar-refractivity contribution in [3.8, 4) is 0 Å². The summed E-state index contributed by atoms with van der Waals surface area (Å²) >= 11 is 11.9. The lowest BCUT2D eigenvalue weighted by molar-refractivity contribution is -0.120. The molecule has 0 bridgehead atoms. The zero-order valence-electron chi connectivity index (χ0n) is 18.5. The van der Waals surface area contributed by atoms with Gasteiger partial charge in [-0.25, -0.2) is 12.7 Å². The van der Waals surface area contributed by atoms with E-state index in [4.69, 9.17) is 23.2 Å². The second kappa shape index (κ2) is 10.9. The van der Waals surface area contributed by atoms with E-state index in [2.05, 4.69) is 10.6 Å². The fraction of sp³-hybridized carbons (Fsp3) is 0.391. The summed E-state index contributed by atoms with van der Waals surface area (Å²) in [5, 5.41) is 6.28. The van der Waals surface area contributed by atoms with E-state index in [9.17, 15) is 18.0 Å². The Morgan fingerprint density at radius 1 is 1.12 bits per heavy atom. The van der Waals surface area contributed by atoms with E-state index in [1.807, 2.05) is 13.8 Å². The molecule has 1 aliphatic rings. The lowest BCUT2D eigenvalue weighted by Crippen LogP contribution is -2.44. The van der Waals surface area contributed by atoms with Crippen LogP contribution in [0, 0.1) is 5.92 Å². The number of sulfonamides is 1. The number of amides is 2. The van der Waals surface area contributed by atoms with Crippen LogP contribution in [-0.2, 0) is 20.6 Å². The molecule has 2 amide bonds. The molecule has 2 aromatic carbocycles. The summed E-state index contributed by atoms with van der Waals surface area (Å²) in [7, 11) is -3.65. The Kier molecular flexibility index (Phi) is 8.39. The molecule has 0 aromatic heterocycles. The minimum Gasteiger partial charge on any atom is -0.350 e. The molecule has 1 saturated heterocycles. The highest BCUT2D eigenvalue weighted by Crippen LogP contribution is 2.27. The molecule has 1 atom stereocenters. The fourth-order valence-corrected chi connectivity index (χ4v) is 5.62. The average Bonchev–Trinajstić information content (AvgIpc) is 2.76. The van der Waals surface area contributed by atoms with Gasteiger partial charge in [0.1, 0.15) is 0 Å². The van der Waals surface area contributed by atoms with Gasteiger partial charge < -0.3 is 10.6 Å². The number of piperidine rings is 1. The second-order valence-corrected chi connectivity index (χ2v) is 11.1. The van der Waals surface area contributed by atoms with Crippen LogP contribution in [0.25, 0.3) is 0 Å². The van der Waals surface area contributed by atoms with Crippen LogP contribution >= 0.6 is 23.2 Å². The molecule has 3 rings (SSSR count). The van der Waals surface area contributed by atoms with Crippen molar-refractivity contribution in [3.05, 3.63) is 63.6 Å². The van der Waals surface area contributed by atoms with Gasteiger partial charge in [-0.15, -0.1) is 0 Å². The Labute approximate surface area is 204 Å². The fourth-order valence-electron chi connectivity index (χ4n) is 3.71. The maximum absolute atomic E-state index is 13.0. The number of nitrogens with one attached hydrogen (secondary N) is 2. The van der Waals surface area contributed by atoms with Gasteiger partial charge in [0.2, 0.25) is 15.9 Å². The van der Waals surface area contributed by atoms with Crippen LogP contribution in [0.3, 0.4) is 0 Å². The predicted molar refractivity (Wildman–Crippen MR) is 131 cm³/mol. The zero-order valence-corrected chi connectivity index (χ0v) is 20.8. The Morgan fingerprint density at radius 2 is 1.85 bits per heavy atom. The predicted octanol–water partition coefficient (Wildman–Crippen LogP) is 4.31. The molecule has 178 valence electrons. The van der Waals surface area contributed by atoms with Crippen LogP contribution in [0.2, 0.25) is 10.0 Å². The topological polar surface area (TPSA) is 95.6 Å². The Balaban J connectivity index is 1.70. The average molecular weight is 512 g/mol. The number of nitrogens with zero attached hydrogens (tertiary/aromatic N) is 1. The molecule has 0 radical (unpaired) electrons. The van der Waals surface area contributed by atoms with E-state index in [0.29, 0.717) is 46.2 Å². The number of anilines is 1. The van der Waals surface area contributed by atoms with E-state index in [1.54, 1.807) is 36.4 Å². The molecule has 0 spiro atoms. The maximum Gasteiger partial charge on any atom is 0.253 e. The van der Waals surface area contributed by atoms with E-state index < -0.39 is 15.9 Å². The molecule has 1 fully saturated rings. The van der Waals surface area contributed by atoms with Gasteiger partial charge in [-0.2, -0.15) is 0 Å². The normalized spacial score (nSPS) is 17.1. The van der Waals surface area contributed by atoms with Gasteiger partial charge in [-0.3, -0.25) is 9.59 Å². The molecule has 10 heteroatoms. The summed E-state index contributed by atoms with van der Waals surface area (Å²) in [5.41, 5.74) is 1.29. The molecule has 0 unspecified atom stereocenters. The molecule has 2 aromatic rings. The quantitative estimate of drug-likeness (QED) is 0.578. The number of hydrogen-bond donors (Lipinski definition) is 2. The van der Waals surface area contributed by atoms with Crippen LogP contribution in [0.4, 0.5) is 5.69 Å². The highest BCUT2D eigenvalue weighted by atomic mass is 35.5. The largest absolute Gasteiger partial charge is 0.350 e. The van der Waals surface area contributed by atoms with Crippen molar-refractivity contribution in [1.29, 1.82) is 0 Å². The molecular formula is C23H27Cl2N3O4S. The lowest BCUT2D eigenvalue weighted by atomic mass is 9.98. The summed E-state index contributed by atoms with van der Waals surface area (Å²) < 4.78 is 27.3. The van der Waals surface area contributed by atoms with Crippen molar-refractivity contribution in [3.63, 3.8) is 0 Å². The first-order valence-corrected chi connectivity index (χ1v) is 13.1. The SMILES string of the molecule is CC(C)NC(=O)c1ccccc1NC(=O)[C@H]1CCCN(S(=O)(=O)Cc2ccc(Cl)c(Cl)c2)C1. The van der Waals surface area contributed by atoms with Gasteiger partial charge in [0.15, 0.2) is 0 Å². The Bertz CT molecular complexity index is 1140. The highest BCUT2D eigenvalue weighted by molar-refractivity contribution is 7.88. The third-order valence-corrected chi connectivity index (χ3v) is 7.89. The molecule has 1 aliphatic heterocycles. The molecule has 1 heterocycles. The van der Waals surface area contributed by atoms with Gasteiger partial charge in [0, 0.05) is 19.1 Å². The number of halogens is 2. The maximum atomic E-state index is 13.0. The minimum absolute atomic E-state index is 0.0473. The summed E-state index contributed by atoms with van der Waals surface area (Å²) in [5.74, 6) is -1.34. The van der Waals surface area contributed by atoms with Crippen molar-refractivity contribution < 1.29 is 18.0 Å². The molecule has 0 saturated carbocycles. The van der Waals surface area contributed by atoms with Gasteiger partial charge in [-0.05, 0) is 56.5 Å². The van der Waals surface area contributed by atoms with Crippen molar-refractivity contribution in [1.82, 2.24) is 9.62 Å². The first kappa shape index (κ1) is 25.5. The lowest BCUT2D eigenvalue weighted by Gasteiger charge is -2.31. The Morgan fingerprint density at radius 3 is 2.55 bits per heavy atom. The van der Waals surface area contributed by atoms with Crippen LogP contribution in [-0.4, -0.2) is 43.7 Å². The molecule has 2 N–H and O–H groups in total. The number of rotatable bonds is 7. The van der Waals surface area contributed by atoms with Crippen molar-refractivity contribution in [2.45, 2.75) is 38.5 Å². The Hall–Kier alpha value is -2.13. The number of carbonyl (C=O) groups is 2. The highest BCUT2D eigenvalue weighted by Gasteiger charge is 2.33. The van der Waals surface area contributed by atoms with Gasteiger partial charge in [0.25, 0.3) is 5.91 Å². The molecule has 0 aliphatic carbocycles. The van der Waals surface area contributed by atoms with Crippen LogP contribution in [0.5, 0.6) is 0 Å². The van der Waals surface area contributed by atoms with Gasteiger partial charge >= 0.3 is 0 Å². The van der Waals surface area contributed by atoms with E-state index in [1.165, 1.54) is 10.4 Å². The monoisotopic (exact) mass is 511 g/mol. The number of benzene rings is 2. The minimum atomic E-state index is -3.65. The first-order valence-electron chi connectivity index (χ1n) is 10.7. The summed E-state index contributed by atoms with van der Waals surface area (Å²) in [6.07, 6.45) is 1.12. The van der Waals surface area contributed by atoms with Crippen molar-refractivity contribution >= 4 is 50.7 Å². The first-order chi connectivity index (χ1) is 15.6. The summed E-state index contributed by atoms with van der Waals surface area (Å²) in [6.45, 7) is 4.14. The smallest absolute Gasteiger partial charge is 0.253 e. The second-order valence-electron chi connectivity index (χ2n) is 8.36. The third kappa shape index (κ3) is 6.69. The third-order valence-electron chi connectivity index (χ3n) is 5.33. The van der Waals surface area contributed by atoms with E-state index in [0.717, 1.165) is 0 Å². The molecular weight excluding hydrogens is 485 g/mol. The van der Waals surface area contributed by atoms with Gasteiger partial charge in [-0.1, -0.05) is 41.4 Å². The zero-order chi connectivity index (χ0) is 24.2. The number of carbonyl (C=O) groups excluding carboxylic acids is 2. The number of para-hydroxylation sites is 1. The summed E-state index contributed by atoms with van der Waals surface area (Å²) in [6, 6.07) is 11.4. The van der Waals surface area contributed by atoms with Crippen molar-refractivity contribution in [2.24, 2.45) is 5.92 Å². The molecule has 33 heavy (non-hydrogen) atoms. The molecule has 7 nitrogen and oxygen atoms in total.